The van der Waals surface area contributed by atoms with Crippen molar-refractivity contribution in [3.05, 3.63) is 0 Å². The Labute approximate surface area is 99.6 Å². The molecular weight excluding hydrogens is 231 g/mol. The highest BCUT2D eigenvalue weighted by atomic mass is 19.4. The summed E-state index contributed by atoms with van der Waals surface area (Å²) in [4.78, 5) is 2.31. The van der Waals surface area contributed by atoms with E-state index in [9.17, 15) is 13.2 Å². The zero-order valence-electron chi connectivity index (χ0n) is 9.76. The first kappa shape index (κ1) is 14.3. The summed E-state index contributed by atoms with van der Waals surface area (Å²) in [5.74, 6) is -1.89. The smallest absolute Gasteiger partial charge is 0.315 e. The third-order valence-corrected chi connectivity index (χ3v) is 2.93. The molecular formula is C11H18F3N3. The van der Waals surface area contributed by atoms with Crippen LogP contribution >= 0.6 is 0 Å². The Bertz CT molecular complexity index is 254. The summed E-state index contributed by atoms with van der Waals surface area (Å²) in [6.45, 7) is 3.35. The molecule has 0 spiro atoms. The van der Waals surface area contributed by atoms with Crippen LogP contribution in [0.2, 0.25) is 0 Å². The van der Waals surface area contributed by atoms with E-state index >= 15 is 0 Å². The van der Waals surface area contributed by atoms with Gasteiger partial charge in [0.25, 0.3) is 0 Å². The first-order chi connectivity index (χ1) is 8.04. The van der Waals surface area contributed by atoms with Crippen molar-refractivity contribution in [2.45, 2.75) is 25.4 Å². The normalized spacial score (nSPS) is 19.2. The van der Waals surface area contributed by atoms with Gasteiger partial charge in [-0.1, -0.05) is 0 Å². The minimum atomic E-state index is -4.42. The highest BCUT2D eigenvalue weighted by Crippen LogP contribution is 2.24. The van der Waals surface area contributed by atoms with Gasteiger partial charge in [-0.3, -0.25) is 0 Å². The number of hydrogen-bond donors (Lipinski definition) is 1. The van der Waals surface area contributed by atoms with Crippen LogP contribution in [0.4, 0.5) is 13.2 Å². The molecule has 1 aliphatic rings. The van der Waals surface area contributed by atoms with Crippen molar-refractivity contribution in [1.82, 2.24) is 10.2 Å². The molecule has 1 fully saturated rings. The zero-order chi connectivity index (χ0) is 12.7. The van der Waals surface area contributed by atoms with E-state index in [1.807, 2.05) is 0 Å². The van der Waals surface area contributed by atoms with E-state index in [-0.39, 0.29) is 6.54 Å². The number of nitrogens with zero attached hydrogens (tertiary/aromatic N) is 2. The molecule has 0 aromatic rings. The zero-order valence-corrected chi connectivity index (χ0v) is 9.76. The number of nitrogens with one attached hydrogen (secondary N) is 1. The van der Waals surface area contributed by atoms with Gasteiger partial charge in [-0.2, -0.15) is 18.4 Å². The molecule has 17 heavy (non-hydrogen) atoms. The molecule has 98 valence electrons. The fourth-order valence-corrected chi connectivity index (χ4v) is 1.91. The number of likely N-dealkylation sites (tertiary alicyclic amines) is 1. The molecule has 0 aromatic heterocycles. The number of rotatable bonds is 6. The van der Waals surface area contributed by atoms with Crippen molar-refractivity contribution < 1.29 is 13.2 Å². The highest BCUT2D eigenvalue weighted by molar-refractivity contribution is 4.89. The third kappa shape index (κ3) is 5.37. The molecule has 1 rings (SSSR count). The van der Waals surface area contributed by atoms with E-state index in [2.05, 4.69) is 10.2 Å². The lowest BCUT2D eigenvalue weighted by Gasteiger charge is -2.16. The maximum atomic E-state index is 12.2. The van der Waals surface area contributed by atoms with Crippen molar-refractivity contribution in [3.8, 4) is 6.07 Å². The van der Waals surface area contributed by atoms with Crippen LogP contribution in [0, 0.1) is 17.2 Å². The van der Waals surface area contributed by atoms with Crippen LogP contribution in [-0.2, 0) is 0 Å². The van der Waals surface area contributed by atoms with Gasteiger partial charge in [-0.15, -0.1) is 0 Å². The molecule has 1 aliphatic heterocycles. The lowest BCUT2D eigenvalue weighted by molar-refractivity contribution is -0.157. The Hall–Kier alpha value is -0.800. The molecule has 1 unspecified atom stereocenters. The Morgan fingerprint density at radius 3 is 2.47 bits per heavy atom. The van der Waals surface area contributed by atoms with Crippen LogP contribution < -0.4 is 5.32 Å². The molecule has 1 heterocycles. The minimum absolute atomic E-state index is 0.306. The highest BCUT2D eigenvalue weighted by Gasteiger charge is 2.39. The second kappa shape index (κ2) is 6.82. The molecule has 0 aliphatic carbocycles. The van der Waals surface area contributed by atoms with Gasteiger partial charge in [0, 0.05) is 6.54 Å². The molecule has 0 aromatic carbocycles. The second-order valence-corrected chi connectivity index (χ2v) is 4.33. The van der Waals surface area contributed by atoms with Crippen LogP contribution in [0.3, 0.4) is 0 Å². The van der Waals surface area contributed by atoms with Crippen molar-refractivity contribution in [2.24, 2.45) is 5.92 Å². The van der Waals surface area contributed by atoms with E-state index in [1.54, 1.807) is 0 Å². The van der Waals surface area contributed by atoms with Gasteiger partial charge in [0.2, 0.25) is 0 Å². The van der Waals surface area contributed by atoms with E-state index in [1.165, 1.54) is 18.9 Å². The van der Waals surface area contributed by atoms with E-state index in [4.69, 9.17) is 5.26 Å². The SMILES string of the molecule is N#CC(CNCCCN1CCCC1)C(F)(F)F. The molecule has 3 nitrogen and oxygen atoms in total. The van der Waals surface area contributed by atoms with Crippen LogP contribution in [-0.4, -0.2) is 43.8 Å². The van der Waals surface area contributed by atoms with Crippen molar-refractivity contribution in [2.75, 3.05) is 32.7 Å². The molecule has 0 radical (unpaired) electrons. The van der Waals surface area contributed by atoms with Gasteiger partial charge in [0.1, 0.15) is 0 Å². The second-order valence-electron chi connectivity index (χ2n) is 4.33. The van der Waals surface area contributed by atoms with Gasteiger partial charge in [-0.05, 0) is 45.4 Å². The number of halogens is 3. The lowest BCUT2D eigenvalue weighted by atomic mass is 10.1. The monoisotopic (exact) mass is 249 g/mol. The van der Waals surface area contributed by atoms with Crippen molar-refractivity contribution in [1.29, 1.82) is 5.26 Å². The van der Waals surface area contributed by atoms with Gasteiger partial charge in [0.05, 0.1) is 6.07 Å². The molecule has 1 N–H and O–H groups in total. The van der Waals surface area contributed by atoms with E-state index < -0.39 is 12.1 Å². The summed E-state index contributed by atoms with van der Waals surface area (Å²) in [7, 11) is 0. The molecule has 1 atom stereocenters. The van der Waals surface area contributed by atoms with Crippen molar-refractivity contribution in [3.63, 3.8) is 0 Å². The van der Waals surface area contributed by atoms with Crippen LogP contribution in [0.15, 0.2) is 0 Å². The Morgan fingerprint density at radius 2 is 1.94 bits per heavy atom. The Balaban J connectivity index is 2.05. The summed E-state index contributed by atoms with van der Waals surface area (Å²) < 4.78 is 36.6. The van der Waals surface area contributed by atoms with Gasteiger partial charge in [0.15, 0.2) is 5.92 Å². The summed E-state index contributed by atoms with van der Waals surface area (Å²) >= 11 is 0. The van der Waals surface area contributed by atoms with Crippen LogP contribution in [0.5, 0.6) is 0 Å². The average Bonchev–Trinajstić information content (AvgIpc) is 2.74. The van der Waals surface area contributed by atoms with E-state index in [0.717, 1.165) is 26.1 Å². The average molecular weight is 249 g/mol. The number of hydrogen-bond acceptors (Lipinski definition) is 3. The molecule has 6 heteroatoms. The van der Waals surface area contributed by atoms with Crippen LogP contribution in [0.1, 0.15) is 19.3 Å². The Kier molecular flexibility index (Phi) is 5.72. The summed E-state index contributed by atoms with van der Waals surface area (Å²) in [6.07, 6.45) is -1.15. The first-order valence-electron chi connectivity index (χ1n) is 5.93. The van der Waals surface area contributed by atoms with Gasteiger partial charge < -0.3 is 10.2 Å². The lowest BCUT2D eigenvalue weighted by Crippen LogP contribution is -2.34. The predicted molar refractivity (Wildman–Crippen MR) is 58.3 cm³/mol. The number of alkyl halides is 3. The summed E-state index contributed by atoms with van der Waals surface area (Å²) in [5.41, 5.74) is 0. The van der Waals surface area contributed by atoms with Crippen molar-refractivity contribution >= 4 is 0 Å². The maximum Gasteiger partial charge on any atom is 0.405 e. The third-order valence-electron chi connectivity index (χ3n) is 2.93. The fourth-order valence-electron chi connectivity index (χ4n) is 1.91. The summed E-state index contributed by atoms with van der Waals surface area (Å²) in [5, 5.41) is 11.1. The largest absolute Gasteiger partial charge is 0.405 e. The first-order valence-corrected chi connectivity index (χ1v) is 5.93. The Morgan fingerprint density at radius 1 is 1.29 bits per heavy atom. The number of nitriles is 1. The quantitative estimate of drug-likeness (QED) is 0.729. The summed E-state index contributed by atoms with van der Waals surface area (Å²) in [6, 6.07) is 1.28. The molecule has 1 saturated heterocycles. The standard InChI is InChI=1S/C11H18F3N3/c12-11(13,14)10(8-15)9-16-4-3-7-17-5-1-2-6-17/h10,16H,1-7,9H2. The fraction of sp³-hybridized carbons (Fsp3) is 0.909. The van der Waals surface area contributed by atoms with E-state index in [0.29, 0.717) is 6.54 Å². The minimum Gasteiger partial charge on any atom is -0.315 e. The van der Waals surface area contributed by atoms with Gasteiger partial charge >= 0.3 is 6.18 Å². The van der Waals surface area contributed by atoms with Crippen LogP contribution in [0.25, 0.3) is 0 Å². The van der Waals surface area contributed by atoms with Gasteiger partial charge in [-0.25, -0.2) is 0 Å². The molecule has 0 bridgehead atoms. The molecule has 0 saturated carbocycles. The predicted octanol–water partition coefficient (Wildman–Crippen LogP) is 1.76. The topological polar surface area (TPSA) is 39.1 Å². The maximum absolute atomic E-state index is 12.2. The molecule has 0 amide bonds.